The van der Waals surface area contributed by atoms with Crippen molar-refractivity contribution in [1.29, 1.82) is 0 Å². The van der Waals surface area contributed by atoms with Gasteiger partial charge in [0, 0.05) is 36.6 Å². The third-order valence-corrected chi connectivity index (χ3v) is 5.87. The average molecular weight is 457 g/mol. The molecule has 0 spiro atoms. The minimum Gasteiger partial charge on any atom is -0.469 e. The molecule has 0 unspecified atom stereocenters. The molecule has 5 rings (SSSR count). The van der Waals surface area contributed by atoms with Crippen LogP contribution in [0.15, 0.2) is 60.9 Å². The molecule has 1 N–H and O–H groups in total. The summed E-state index contributed by atoms with van der Waals surface area (Å²) in [5, 5.41) is 0.988. The Hall–Kier alpha value is -4.20. The number of fused-ring (bicyclic) bond motifs is 1. The number of benzene rings is 1. The van der Waals surface area contributed by atoms with Gasteiger partial charge in [0.2, 0.25) is 0 Å². The number of aromatic nitrogens is 3. The number of amides is 1. The van der Waals surface area contributed by atoms with E-state index in [1.165, 1.54) is 7.11 Å². The summed E-state index contributed by atoms with van der Waals surface area (Å²) in [5.74, 6) is 0.973. The number of likely N-dealkylation sites (tertiary alicyclic amines) is 1. The third-order valence-electron chi connectivity index (χ3n) is 5.87. The van der Waals surface area contributed by atoms with Crippen molar-refractivity contribution in [3.05, 3.63) is 72.2 Å². The first-order valence-corrected chi connectivity index (χ1v) is 11.2. The van der Waals surface area contributed by atoms with E-state index in [0.29, 0.717) is 30.0 Å². The summed E-state index contributed by atoms with van der Waals surface area (Å²) in [4.78, 5) is 37.5. The lowest BCUT2D eigenvalue weighted by Crippen LogP contribution is -2.42. The van der Waals surface area contributed by atoms with E-state index in [9.17, 15) is 9.59 Å². The molecule has 1 amide bonds. The molecule has 1 aliphatic rings. The fourth-order valence-electron chi connectivity index (χ4n) is 3.78. The molecule has 1 saturated heterocycles. The van der Waals surface area contributed by atoms with Crippen molar-refractivity contribution in [3.63, 3.8) is 0 Å². The van der Waals surface area contributed by atoms with Gasteiger partial charge < -0.3 is 19.4 Å². The summed E-state index contributed by atoms with van der Waals surface area (Å²) in [5.41, 5.74) is 4.08. The summed E-state index contributed by atoms with van der Waals surface area (Å²) in [6.45, 7) is 1.60. The zero-order valence-electron chi connectivity index (χ0n) is 18.8. The Bertz CT molecular complexity index is 1330. The van der Waals surface area contributed by atoms with Gasteiger partial charge in [-0.25, -0.2) is 4.98 Å². The van der Waals surface area contributed by atoms with Crippen LogP contribution in [0.2, 0.25) is 0 Å². The SMILES string of the molecule is COC(=O)CCc1ccc(-c2cc3cc(Oc4ccc(C(=O)N5CCC5)nc4)ccc3[nH]2)nc1. The van der Waals surface area contributed by atoms with Crippen LogP contribution in [0.3, 0.4) is 0 Å². The second kappa shape index (κ2) is 9.35. The Morgan fingerprint density at radius 3 is 2.53 bits per heavy atom. The van der Waals surface area contributed by atoms with E-state index in [1.54, 1.807) is 29.4 Å². The largest absolute Gasteiger partial charge is 0.469 e. The summed E-state index contributed by atoms with van der Waals surface area (Å²) in [6.07, 6.45) is 5.33. The van der Waals surface area contributed by atoms with E-state index in [-0.39, 0.29) is 11.9 Å². The highest BCUT2D eigenvalue weighted by Gasteiger charge is 2.22. The van der Waals surface area contributed by atoms with Crippen LogP contribution >= 0.6 is 0 Å². The number of rotatable bonds is 7. The van der Waals surface area contributed by atoms with Crippen LogP contribution < -0.4 is 4.74 Å². The lowest BCUT2D eigenvalue weighted by atomic mass is 10.1. The van der Waals surface area contributed by atoms with Crippen molar-refractivity contribution in [2.24, 2.45) is 0 Å². The number of hydrogen-bond acceptors (Lipinski definition) is 6. The number of aromatic amines is 1. The minimum atomic E-state index is -0.232. The molecule has 0 bridgehead atoms. The Labute approximate surface area is 196 Å². The number of pyridine rings is 2. The molecule has 8 nitrogen and oxygen atoms in total. The van der Waals surface area contributed by atoms with Gasteiger partial charge in [0.05, 0.1) is 24.7 Å². The fourth-order valence-corrected chi connectivity index (χ4v) is 3.78. The number of esters is 1. The topological polar surface area (TPSA) is 97.4 Å². The van der Waals surface area contributed by atoms with Crippen LogP contribution in [-0.2, 0) is 16.0 Å². The van der Waals surface area contributed by atoms with Gasteiger partial charge >= 0.3 is 5.97 Å². The molecule has 4 aromatic rings. The quantitative estimate of drug-likeness (QED) is 0.415. The van der Waals surface area contributed by atoms with Crippen LogP contribution in [0.25, 0.3) is 22.3 Å². The minimum absolute atomic E-state index is 0.0378. The van der Waals surface area contributed by atoms with E-state index in [1.807, 2.05) is 36.4 Å². The number of carbonyl (C=O) groups is 2. The smallest absolute Gasteiger partial charge is 0.305 e. The second-order valence-electron chi connectivity index (χ2n) is 8.19. The van der Waals surface area contributed by atoms with Crippen LogP contribution in [0.4, 0.5) is 0 Å². The number of nitrogens with zero attached hydrogens (tertiary/aromatic N) is 3. The van der Waals surface area contributed by atoms with Crippen molar-refractivity contribution in [3.8, 4) is 22.9 Å². The fraction of sp³-hybridized carbons (Fsp3) is 0.231. The van der Waals surface area contributed by atoms with E-state index >= 15 is 0 Å². The van der Waals surface area contributed by atoms with Crippen molar-refractivity contribution in [2.75, 3.05) is 20.2 Å². The molecule has 1 aliphatic heterocycles. The van der Waals surface area contributed by atoms with Crippen LogP contribution in [0, 0.1) is 0 Å². The summed E-state index contributed by atoms with van der Waals surface area (Å²) < 4.78 is 10.6. The third kappa shape index (κ3) is 4.61. The second-order valence-corrected chi connectivity index (χ2v) is 8.19. The lowest BCUT2D eigenvalue weighted by molar-refractivity contribution is -0.140. The first-order chi connectivity index (χ1) is 16.6. The number of ether oxygens (including phenoxy) is 2. The van der Waals surface area contributed by atoms with Gasteiger partial charge in [-0.2, -0.15) is 0 Å². The predicted octanol–water partition coefficient (Wildman–Crippen LogP) is 4.37. The van der Waals surface area contributed by atoms with Gasteiger partial charge in [-0.1, -0.05) is 6.07 Å². The van der Waals surface area contributed by atoms with E-state index in [2.05, 4.69) is 19.7 Å². The van der Waals surface area contributed by atoms with Crippen molar-refractivity contribution in [2.45, 2.75) is 19.3 Å². The van der Waals surface area contributed by atoms with Crippen molar-refractivity contribution in [1.82, 2.24) is 19.9 Å². The molecule has 0 aliphatic carbocycles. The Kier molecular flexibility index (Phi) is 5.95. The zero-order valence-corrected chi connectivity index (χ0v) is 18.8. The first-order valence-electron chi connectivity index (χ1n) is 11.2. The molecule has 1 fully saturated rings. The van der Waals surface area contributed by atoms with Gasteiger partial charge in [0.1, 0.15) is 17.2 Å². The van der Waals surface area contributed by atoms with Crippen LogP contribution in [0.5, 0.6) is 11.5 Å². The van der Waals surface area contributed by atoms with Gasteiger partial charge in [-0.05, 0) is 60.9 Å². The van der Waals surface area contributed by atoms with E-state index in [0.717, 1.165) is 47.4 Å². The number of methoxy groups -OCH3 is 1. The summed E-state index contributed by atoms with van der Waals surface area (Å²) in [6, 6.07) is 15.2. The number of aryl methyl sites for hydroxylation is 1. The van der Waals surface area contributed by atoms with Gasteiger partial charge in [0.25, 0.3) is 5.91 Å². The molecule has 34 heavy (non-hydrogen) atoms. The molecule has 3 aromatic heterocycles. The van der Waals surface area contributed by atoms with Crippen LogP contribution in [0.1, 0.15) is 28.9 Å². The average Bonchev–Trinajstić information content (AvgIpc) is 3.25. The predicted molar refractivity (Wildman–Crippen MR) is 127 cm³/mol. The molecule has 4 heterocycles. The molecule has 0 saturated carbocycles. The summed E-state index contributed by atoms with van der Waals surface area (Å²) >= 11 is 0. The Morgan fingerprint density at radius 1 is 1.00 bits per heavy atom. The standard InChI is InChI=1S/C26H24N4O4/c1-33-25(31)10-4-17-3-7-22(27-15-17)24-14-18-13-19(5-8-21(18)29-24)34-20-6-9-23(28-16-20)26(32)30-11-2-12-30/h3,5-9,13-16,29H,2,4,10-12H2,1H3. The zero-order chi connectivity index (χ0) is 23.5. The number of H-pyrrole nitrogens is 1. The number of carbonyl (C=O) groups excluding carboxylic acids is 2. The molecule has 0 radical (unpaired) electrons. The Morgan fingerprint density at radius 2 is 1.85 bits per heavy atom. The van der Waals surface area contributed by atoms with Crippen molar-refractivity contribution >= 4 is 22.8 Å². The maximum atomic E-state index is 12.2. The Balaban J connectivity index is 1.27. The van der Waals surface area contributed by atoms with E-state index in [4.69, 9.17) is 4.74 Å². The monoisotopic (exact) mass is 456 g/mol. The van der Waals surface area contributed by atoms with Crippen LogP contribution in [-0.4, -0.2) is 51.9 Å². The maximum absolute atomic E-state index is 12.2. The highest BCUT2D eigenvalue weighted by atomic mass is 16.5. The summed E-state index contributed by atoms with van der Waals surface area (Å²) in [7, 11) is 1.39. The molecule has 0 atom stereocenters. The number of nitrogens with one attached hydrogen (secondary N) is 1. The normalized spacial score (nSPS) is 12.9. The molecule has 1 aromatic carbocycles. The molecular formula is C26H24N4O4. The van der Waals surface area contributed by atoms with E-state index < -0.39 is 0 Å². The highest BCUT2D eigenvalue weighted by Crippen LogP contribution is 2.29. The van der Waals surface area contributed by atoms with Gasteiger partial charge in [-0.15, -0.1) is 0 Å². The highest BCUT2D eigenvalue weighted by molar-refractivity contribution is 5.92. The molecule has 8 heteroatoms. The van der Waals surface area contributed by atoms with Gasteiger partial charge in [0.15, 0.2) is 0 Å². The maximum Gasteiger partial charge on any atom is 0.305 e. The van der Waals surface area contributed by atoms with Gasteiger partial charge in [-0.3, -0.25) is 14.6 Å². The van der Waals surface area contributed by atoms with Crippen molar-refractivity contribution < 1.29 is 19.1 Å². The number of hydrogen-bond donors (Lipinski definition) is 1. The lowest BCUT2D eigenvalue weighted by Gasteiger charge is -2.30. The molecular weight excluding hydrogens is 432 g/mol. The first kappa shape index (κ1) is 21.6. The molecule has 172 valence electrons.